The number of thiocarbonyl (C=S) groups is 1. The second-order valence-electron chi connectivity index (χ2n) is 4.11. The van der Waals surface area contributed by atoms with Gasteiger partial charge in [0.25, 0.3) is 5.17 Å². The highest BCUT2D eigenvalue weighted by Crippen LogP contribution is 2.26. The van der Waals surface area contributed by atoms with E-state index in [0.29, 0.717) is 11.8 Å². The van der Waals surface area contributed by atoms with E-state index in [0.717, 1.165) is 0 Å². The lowest BCUT2D eigenvalue weighted by Crippen LogP contribution is -2.20. The maximum absolute atomic E-state index is 5.28. The summed E-state index contributed by atoms with van der Waals surface area (Å²) in [6.45, 7) is 7.04. The van der Waals surface area contributed by atoms with Gasteiger partial charge in [-0.2, -0.15) is 0 Å². The Morgan fingerprint density at radius 3 is 2.33 bits per heavy atom. The summed E-state index contributed by atoms with van der Waals surface area (Å²) in [6.07, 6.45) is 0. The van der Waals surface area contributed by atoms with Crippen molar-refractivity contribution in [2.75, 3.05) is 6.61 Å². The zero-order valence-corrected chi connectivity index (χ0v) is 10.1. The van der Waals surface area contributed by atoms with Gasteiger partial charge >= 0.3 is 0 Å². The minimum absolute atomic E-state index is 0.220. The normalized spacial score (nSPS) is 19.9. The number of rotatable bonds is 1. The van der Waals surface area contributed by atoms with Gasteiger partial charge in [-0.15, -0.1) is 0 Å². The number of nitrogens with one attached hydrogen (secondary N) is 1. The summed E-state index contributed by atoms with van der Waals surface area (Å²) >= 11 is 4.98. The van der Waals surface area contributed by atoms with E-state index in [2.05, 4.69) is 38.2 Å². The molecule has 15 heavy (non-hydrogen) atoms. The molecule has 1 atom stereocenters. The molecule has 0 bridgehead atoms. The highest BCUT2D eigenvalue weighted by atomic mass is 32.1. The van der Waals surface area contributed by atoms with Crippen LogP contribution in [0.25, 0.3) is 0 Å². The lowest BCUT2D eigenvalue weighted by Gasteiger charge is -2.15. The van der Waals surface area contributed by atoms with E-state index in [9.17, 15) is 0 Å². The largest absolute Gasteiger partial charge is 0.468 e. The highest BCUT2D eigenvalue weighted by Gasteiger charge is 2.24. The van der Waals surface area contributed by atoms with Crippen LogP contribution in [0.2, 0.25) is 0 Å². The number of aryl methyl sites for hydroxylation is 3. The van der Waals surface area contributed by atoms with Gasteiger partial charge < -0.3 is 10.1 Å². The minimum Gasteiger partial charge on any atom is -0.468 e. The molecule has 1 aromatic rings. The first-order chi connectivity index (χ1) is 7.08. The second-order valence-corrected chi connectivity index (χ2v) is 4.48. The molecule has 2 nitrogen and oxygen atoms in total. The van der Waals surface area contributed by atoms with Crippen molar-refractivity contribution in [1.29, 1.82) is 0 Å². The fraction of sp³-hybridized carbons (Fsp3) is 0.417. The van der Waals surface area contributed by atoms with Gasteiger partial charge in [0, 0.05) is 0 Å². The standard InChI is InChI=1S/C12H15NOS/c1-7-4-8(2)11(9(3)5-7)10-6-14-12(15)13-10/h4-5,10H,6H2,1-3H3,(H,13,15)/t10-/m0/s1. The van der Waals surface area contributed by atoms with Crippen LogP contribution in [0.4, 0.5) is 0 Å². The van der Waals surface area contributed by atoms with Crippen LogP contribution in [-0.4, -0.2) is 11.8 Å². The Bertz CT molecular complexity index is 391. The van der Waals surface area contributed by atoms with Gasteiger partial charge in [0.15, 0.2) is 0 Å². The molecule has 2 rings (SSSR count). The lowest BCUT2D eigenvalue weighted by atomic mass is 9.95. The van der Waals surface area contributed by atoms with E-state index in [1.807, 2.05) is 0 Å². The first-order valence-electron chi connectivity index (χ1n) is 5.09. The van der Waals surface area contributed by atoms with Crippen LogP contribution in [0.15, 0.2) is 12.1 Å². The molecule has 0 amide bonds. The molecule has 0 spiro atoms. The molecule has 80 valence electrons. The monoisotopic (exact) mass is 221 g/mol. The van der Waals surface area contributed by atoms with Crippen LogP contribution < -0.4 is 5.32 Å². The first kappa shape index (κ1) is 10.4. The molecule has 3 heteroatoms. The Balaban J connectivity index is 2.39. The Morgan fingerprint density at radius 1 is 1.27 bits per heavy atom. The SMILES string of the molecule is Cc1cc(C)c([C@@H]2COC(=S)N2)c(C)c1. The molecular weight excluding hydrogens is 206 g/mol. The Labute approximate surface area is 95.6 Å². The summed E-state index contributed by atoms with van der Waals surface area (Å²) in [4.78, 5) is 0. The van der Waals surface area contributed by atoms with Gasteiger partial charge in [0.2, 0.25) is 0 Å². The summed E-state index contributed by atoms with van der Waals surface area (Å²) in [7, 11) is 0. The van der Waals surface area contributed by atoms with E-state index >= 15 is 0 Å². The van der Waals surface area contributed by atoms with Crippen molar-refractivity contribution in [1.82, 2.24) is 5.32 Å². The van der Waals surface area contributed by atoms with Crippen LogP contribution in [0.5, 0.6) is 0 Å². The summed E-state index contributed by atoms with van der Waals surface area (Å²) < 4.78 is 5.28. The van der Waals surface area contributed by atoms with Crippen LogP contribution in [0, 0.1) is 20.8 Å². The van der Waals surface area contributed by atoms with E-state index in [-0.39, 0.29) is 6.04 Å². The third kappa shape index (κ3) is 1.97. The molecule has 1 saturated heterocycles. The Morgan fingerprint density at radius 2 is 1.87 bits per heavy atom. The van der Waals surface area contributed by atoms with Crippen molar-refractivity contribution >= 4 is 17.4 Å². The van der Waals surface area contributed by atoms with Crippen molar-refractivity contribution in [3.63, 3.8) is 0 Å². The van der Waals surface area contributed by atoms with Gasteiger partial charge in [-0.25, -0.2) is 0 Å². The van der Waals surface area contributed by atoms with E-state index in [1.54, 1.807) is 0 Å². The van der Waals surface area contributed by atoms with Gasteiger partial charge in [-0.1, -0.05) is 17.7 Å². The Hall–Kier alpha value is -1.09. The molecule has 0 radical (unpaired) electrons. The first-order valence-corrected chi connectivity index (χ1v) is 5.50. The van der Waals surface area contributed by atoms with E-state index < -0.39 is 0 Å². The summed E-state index contributed by atoms with van der Waals surface area (Å²) in [5, 5.41) is 3.69. The highest BCUT2D eigenvalue weighted by molar-refractivity contribution is 7.80. The molecule has 0 unspecified atom stereocenters. The number of hydrogen-bond donors (Lipinski definition) is 1. The lowest BCUT2D eigenvalue weighted by molar-refractivity contribution is 0.333. The molecule has 1 aromatic carbocycles. The molecule has 1 fully saturated rings. The third-order valence-electron chi connectivity index (χ3n) is 2.76. The average molecular weight is 221 g/mol. The third-order valence-corrected chi connectivity index (χ3v) is 3.00. The molecule has 0 aliphatic carbocycles. The summed E-state index contributed by atoms with van der Waals surface area (Å²) in [5.41, 5.74) is 5.23. The quantitative estimate of drug-likeness (QED) is 0.736. The van der Waals surface area contributed by atoms with Crippen molar-refractivity contribution < 1.29 is 4.74 Å². The van der Waals surface area contributed by atoms with Crippen molar-refractivity contribution in [2.45, 2.75) is 26.8 Å². The molecule has 0 saturated carbocycles. The van der Waals surface area contributed by atoms with Crippen molar-refractivity contribution in [3.05, 3.63) is 34.4 Å². The number of hydrogen-bond acceptors (Lipinski definition) is 2. The summed E-state index contributed by atoms with van der Waals surface area (Å²) in [6, 6.07) is 4.62. The van der Waals surface area contributed by atoms with Crippen molar-refractivity contribution in [2.24, 2.45) is 0 Å². The van der Waals surface area contributed by atoms with Gasteiger partial charge in [-0.05, 0) is 49.7 Å². The Kier molecular flexibility index (Phi) is 2.65. The second kappa shape index (κ2) is 3.81. The minimum atomic E-state index is 0.220. The predicted octanol–water partition coefficient (Wildman–Crippen LogP) is 2.56. The van der Waals surface area contributed by atoms with Gasteiger partial charge in [-0.3, -0.25) is 0 Å². The van der Waals surface area contributed by atoms with Crippen LogP contribution in [0.1, 0.15) is 28.3 Å². The van der Waals surface area contributed by atoms with E-state index in [4.69, 9.17) is 17.0 Å². The van der Waals surface area contributed by atoms with Gasteiger partial charge in [0.05, 0.1) is 6.04 Å². The zero-order valence-electron chi connectivity index (χ0n) is 9.26. The molecule has 1 aliphatic heterocycles. The molecule has 1 aliphatic rings. The summed E-state index contributed by atoms with van der Waals surface area (Å²) in [5.74, 6) is 0. The maximum atomic E-state index is 5.28. The average Bonchev–Trinajstić information content (AvgIpc) is 2.49. The fourth-order valence-electron chi connectivity index (χ4n) is 2.28. The smallest absolute Gasteiger partial charge is 0.257 e. The number of benzene rings is 1. The van der Waals surface area contributed by atoms with Crippen molar-refractivity contribution in [3.8, 4) is 0 Å². The van der Waals surface area contributed by atoms with Crippen LogP contribution in [0.3, 0.4) is 0 Å². The molecular formula is C12H15NOS. The number of ether oxygens (including phenoxy) is 1. The predicted molar refractivity (Wildman–Crippen MR) is 65.1 cm³/mol. The molecule has 1 heterocycles. The van der Waals surface area contributed by atoms with Crippen LogP contribution in [-0.2, 0) is 4.74 Å². The topological polar surface area (TPSA) is 21.3 Å². The van der Waals surface area contributed by atoms with Crippen LogP contribution >= 0.6 is 12.2 Å². The molecule has 0 aromatic heterocycles. The molecule has 1 N–H and O–H groups in total. The van der Waals surface area contributed by atoms with Gasteiger partial charge in [0.1, 0.15) is 6.61 Å². The zero-order chi connectivity index (χ0) is 11.0. The fourth-order valence-corrected chi connectivity index (χ4v) is 2.49. The van der Waals surface area contributed by atoms with E-state index in [1.165, 1.54) is 22.3 Å². The maximum Gasteiger partial charge on any atom is 0.257 e.